The standard InChI is InChI=1S/C28H29FN2O4/c1-18-6-4-5-7-22(18)28(33)31-16-24(23-14-21(34-2)12-13-26(23)35-3)25(17-31)27(32)30-15-19-8-10-20(29)11-9-19/h4-14,24-25H,15-17H2,1-3H3,(H,30,32)/t24-,25+/m1/s1. The van der Waals surface area contributed by atoms with Crippen molar-refractivity contribution in [1.82, 2.24) is 10.2 Å². The van der Waals surface area contributed by atoms with Gasteiger partial charge in [-0.3, -0.25) is 9.59 Å². The Labute approximate surface area is 204 Å². The minimum Gasteiger partial charge on any atom is -0.497 e. The molecular weight excluding hydrogens is 447 g/mol. The third-order valence-corrected chi connectivity index (χ3v) is 6.54. The number of halogens is 1. The van der Waals surface area contributed by atoms with Crippen molar-refractivity contribution < 1.29 is 23.5 Å². The van der Waals surface area contributed by atoms with Crippen LogP contribution in [0.1, 0.15) is 33.0 Å². The second-order valence-electron chi connectivity index (χ2n) is 8.69. The van der Waals surface area contributed by atoms with Gasteiger partial charge in [0.2, 0.25) is 5.91 Å². The average Bonchev–Trinajstić information content (AvgIpc) is 3.33. The highest BCUT2D eigenvalue weighted by molar-refractivity contribution is 5.96. The summed E-state index contributed by atoms with van der Waals surface area (Å²) in [6.07, 6.45) is 0. The van der Waals surface area contributed by atoms with Crippen LogP contribution in [0, 0.1) is 18.7 Å². The minimum atomic E-state index is -0.496. The molecule has 1 saturated heterocycles. The van der Waals surface area contributed by atoms with E-state index in [2.05, 4.69) is 5.32 Å². The molecule has 35 heavy (non-hydrogen) atoms. The SMILES string of the molecule is COc1ccc(OC)c([C@H]2CN(C(=O)c3ccccc3C)C[C@@H]2C(=O)NCc2ccc(F)cc2)c1. The molecule has 1 aliphatic rings. The summed E-state index contributed by atoms with van der Waals surface area (Å²) in [6, 6.07) is 18.9. The van der Waals surface area contributed by atoms with Crippen molar-refractivity contribution in [2.45, 2.75) is 19.4 Å². The molecule has 1 N–H and O–H groups in total. The second kappa shape index (κ2) is 10.6. The summed E-state index contributed by atoms with van der Waals surface area (Å²) < 4.78 is 24.3. The molecule has 182 valence electrons. The van der Waals surface area contributed by atoms with Gasteiger partial charge in [0.15, 0.2) is 0 Å². The molecule has 0 saturated carbocycles. The summed E-state index contributed by atoms with van der Waals surface area (Å²) in [4.78, 5) is 28.5. The highest BCUT2D eigenvalue weighted by Crippen LogP contribution is 2.40. The van der Waals surface area contributed by atoms with Crippen LogP contribution in [0.4, 0.5) is 4.39 Å². The Morgan fingerprint density at radius 1 is 1.00 bits per heavy atom. The van der Waals surface area contributed by atoms with E-state index in [1.165, 1.54) is 12.1 Å². The van der Waals surface area contributed by atoms with Crippen molar-refractivity contribution in [1.29, 1.82) is 0 Å². The van der Waals surface area contributed by atoms with Crippen LogP contribution in [0.5, 0.6) is 11.5 Å². The number of hydrogen-bond donors (Lipinski definition) is 1. The number of rotatable bonds is 7. The molecule has 3 aromatic carbocycles. The number of nitrogens with one attached hydrogen (secondary N) is 1. The maximum Gasteiger partial charge on any atom is 0.254 e. The molecule has 0 aliphatic carbocycles. The Morgan fingerprint density at radius 2 is 1.74 bits per heavy atom. The van der Waals surface area contributed by atoms with Gasteiger partial charge in [0.25, 0.3) is 5.91 Å². The van der Waals surface area contributed by atoms with Crippen molar-refractivity contribution in [2.75, 3.05) is 27.3 Å². The van der Waals surface area contributed by atoms with Crippen LogP contribution in [0.2, 0.25) is 0 Å². The summed E-state index contributed by atoms with van der Waals surface area (Å²) in [5.74, 6) is -0.113. The average molecular weight is 477 g/mol. The first-order valence-electron chi connectivity index (χ1n) is 11.5. The molecule has 3 aromatic rings. The maximum atomic E-state index is 13.4. The smallest absolute Gasteiger partial charge is 0.254 e. The van der Waals surface area contributed by atoms with E-state index >= 15 is 0 Å². The lowest BCUT2D eigenvalue weighted by atomic mass is 9.87. The summed E-state index contributed by atoms with van der Waals surface area (Å²) in [7, 11) is 3.17. The van der Waals surface area contributed by atoms with Crippen molar-refractivity contribution in [3.63, 3.8) is 0 Å². The predicted molar refractivity (Wildman–Crippen MR) is 131 cm³/mol. The summed E-state index contributed by atoms with van der Waals surface area (Å²) in [5, 5.41) is 2.97. The zero-order valence-corrected chi connectivity index (χ0v) is 20.1. The Kier molecular flexibility index (Phi) is 7.34. The molecule has 7 heteroatoms. The first-order chi connectivity index (χ1) is 16.9. The van der Waals surface area contributed by atoms with Gasteiger partial charge in [0.1, 0.15) is 17.3 Å². The second-order valence-corrected chi connectivity index (χ2v) is 8.69. The highest BCUT2D eigenvalue weighted by Gasteiger charge is 2.42. The molecule has 2 amide bonds. The van der Waals surface area contributed by atoms with Crippen LogP contribution in [0.3, 0.4) is 0 Å². The van der Waals surface area contributed by atoms with Gasteiger partial charge in [-0.2, -0.15) is 0 Å². The molecule has 1 heterocycles. The van der Waals surface area contributed by atoms with Gasteiger partial charge in [-0.05, 0) is 54.4 Å². The first-order valence-corrected chi connectivity index (χ1v) is 11.5. The number of likely N-dealkylation sites (tertiary alicyclic amines) is 1. The van der Waals surface area contributed by atoms with E-state index in [9.17, 15) is 14.0 Å². The van der Waals surface area contributed by atoms with Crippen molar-refractivity contribution in [3.8, 4) is 11.5 Å². The van der Waals surface area contributed by atoms with Crippen molar-refractivity contribution in [2.24, 2.45) is 5.92 Å². The van der Waals surface area contributed by atoms with E-state index in [0.717, 1.165) is 16.7 Å². The first kappa shape index (κ1) is 24.3. The van der Waals surface area contributed by atoms with Gasteiger partial charge in [-0.25, -0.2) is 4.39 Å². The van der Waals surface area contributed by atoms with Gasteiger partial charge < -0.3 is 19.7 Å². The van der Waals surface area contributed by atoms with Crippen LogP contribution in [-0.2, 0) is 11.3 Å². The summed E-state index contributed by atoms with van der Waals surface area (Å²) in [5.41, 5.74) is 3.11. The molecule has 1 fully saturated rings. The minimum absolute atomic E-state index is 0.108. The summed E-state index contributed by atoms with van der Waals surface area (Å²) in [6.45, 7) is 2.81. The maximum absolute atomic E-state index is 13.4. The van der Waals surface area contributed by atoms with E-state index in [1.54, 1.807) is 43.4 Å². The third kappa shape index (κ3) is 5.29. The molecule has 6 nitrogen and oxygen atoms in total. The van der Waals surface area contributed by atoms with E-state index in [-0.39, 0.29) is 36.6 Å². The van der Waals surface area contributed by atoms with E-state index < -0.39 is 5.92 Å². The zero-order chi connectivity index (χ0) is 24.9. The molecule has 2 atom stereocenters. The van der Waals surface area contributed by atoms with E-state index in [4.69, 9.17) is 9.47 Å². The van der Waals surface area contributed by atoms with Crippen LogP contribution in [0.15, 0.2) is 66.7 Å². The fourth-order valence-corrected chi connectivity index (χ4v) is 4.59. The predicted octanol–water partition coefficient (Wildman–Crippen LogP) is 4.32. The van der Waals surface area contributed by atoms with Crippen LogP contribution < -0.4 is 14.8 Å². The third-order valence-electron chi connectivity index (χ3n) is 6.54. The number of carbonyl (C=O) groups is 2. The number of hydrogen-bond acceptors (Lipinski definition) is 4. The van der Waals surface area contributed by atoms with Crippen molar-refractivity contribution in [3.05, 3.63) is 94.8 Å². The van der Waals surface area contributed by atoms with Gasteiger partial charge in [-0.1, -0.05) is 30.3 Å². The van der Waals surface area contributed by atoms with E-state index in [1.807, 2.05) is 37.3 Å². The molecule has 0 radical (unpaired) electrons. The number of amides is 2. The van der Waals surface area contributed by atoms with Gasteiger partial charge in [0, 0.05) is 36.7 Å². The quantitative estimate of drug-likeness (QED) is 0.552. The number of benzene rings is 3. The summed E-state index contributed by atoms with van der Waals surface area (Å²) >= 11 is 0. The fraction of sp³-hybridized carbons (Fsp3) is 0.286. The number of carbonyl (C=O) groups excluding carboxylic acids is 2. The van der Waals surface area contributed by atoms with E-state index in [0.29, 0.717) is 23.6 Å². The highest BCUT2D eigenvalue weighted by atomic mass is 19.1. The Morgan fingerprint density at radius 3 is 2.43 bits per heavy atom. The van der Waals surface area contributed by atoms with Gasteiger partial charge in [-0.15, -0.1) is 0 Å². The molecule has 0 unspecified atom stereocenters. The lowest BCUT2D eigenvalue weighted by Gasteiger charge is -2.21. The lowest BCUT2D eigenvalue weighted by Crippen LogP contribution is -2.35. The van der Waals surface area contributed by atoms with Crippen molar-refractivity contribution >= 4 is 11.8 Å². The number of aryl methyl sites for hydroxylation is 1. The molecule has 0 aromatic heterocycles. The largest absolute Gasteiger partial charge is 0.497 e. The number of nitrogens with zero attached hydrogens (tertiary/aromatic N) is 1. The fourth-order valence-electron chi connectivity index (χ4n) is 4.59. The monoisotopic (exact) mass is 476 g/mol. The number of ether oxygens (including phenoxy) is 2. The Bertz CT molecular complexity index is 1210. The lowest BCUT2D eigenvalue weighted by molar-refractivity contribution is -0.125. The van der Waals surface area contributed by atoms with Gasteiger partial charge >= 0.3 is 0 Å². The van der Waals surface area contributed by atoms with Gasteiger partial charge in [0.05, 0.1) is 20.1 Å². The molecule has 0 spiro atoms. The molecule has 1 aliphatic heterocycles. The topological polar surface area (TPSA) is 67.9 Å². The van der Waals surface area contributed by atoms with Crippen LogP contribution in [-0.4, -0.2) is 44.0 Å². The molecule has 4 rings (SSSR count). The number of methoxy groups -OCH3 is 2. The normalized spacial score (nSPS) is 17.2. The van der Waals surface area contributed by atoms with Crippen LogP contribution >= 0.6 is 0 Å². The van der Waals surface area contributed by atoms with Crippen LogP contribution in [0.25, 0.3) is 0 Å². The zero-order valence-electron chi connectivity index (χ0n) is 20.1. The Balaban J connectivity index is 1.63. The Hall–Kier alpha value is -3.87. The molecule has 0 bridgehead atoms. The molecular formula is C28H29FN2O4.